The fourth-order valence-electron chi connectivity index (χ4n) is 2.74. The Kier molecular flexibility index (Phi) is 3.92. The summed E-state index contributed by atoms with van der Waals surface area (Å²) < 4.78 is 2.28. The Morgan fingerprint density at radius 3 is 2.68 bits per heavy atom. The molecule has 1 saturated carbocycles. The number of hydrogen-bond acceptors (Lipinski definition) is 2. The van der Waals surface area contributed by atoms with E-state index in [4.69, 9.17) is 0 Å². The van der Waals surface area contributed by atoms with Gasteiger partial charge in [0.15, 0.2) is 0 Å². The fraction of sp³-hybridized carbons (Fsp3) is 0.438. The number of pyridine rings is 1. The van der Waals surface area contributed by atoms with Crippen LogP contribution in [0.1, 0.15) is 37.8 Å². The first-order valence-corrected chi connectivity index (χ1v) is 7.99. The molecule has 2 heterocycles. The van der Waals surface area contributed by atoms with Crippen molar-refractivity contribution in [2.24, 2.45) is 0 Å². The van der Waals surface area contributed by atoms with Crippen molar-refractivity contribution in [1.82, 2.24) is 9.55 Å². The van der Waals surface area contributed by atoms with E-state index in [1.807, 2.05) is 24.0 Å². The zero-order valence-corrected chi connectivity index (χ0v) is 12.2. The molecular weight excluding hydrogens is 252 g/mol. The molecule has 0 saturated heterocycles. The summed E-state index contributed by atoms with van der Waals surface area (Å²) in [7, 11) is 0. The van der Waals surface area contributed by atoms with E-state index in [1.165, 1.54) is 42.8 Å². The van der Waals surface area contributed by atoms with Gasteiger partial charge in [-0.25, -0.2) is 4.98 Å². The van der Waals surface area contributed by atoms with Crippen molar-refractivity contribution >= 4 is 11.8 Å². The van der Waals surface area contributed by atoms with Crippen molar-refractivity contribution < 1.29 is 0 Å². The second-order valence-electron chi connectivity index (χ2n) is 5.21. The number of hydrogen-bond donors (Lipinski definition) is 0. The molecule has 19 heavy (non-hydrogen) atoms. The smallest absolute Gasteiger partial charge is 0.137 e. The molecular formula is C16H20N2S. The van der Waals surface area contributed by atoms with Crippen LogP contribution in [-0.4, -0.2) is 14.8 Å². The molecule has 0 atom stereocenters. The quantitative estimate of drug-likeness (QED) is 0.812. The van der Waals surface area contributed by atoms with Crippen LogP contribution in [0.3, 0.4) is 0 Å². The van der Waals surface area contributed by atoms with Crippen LogP contribution < -0.4 is 0 Å². The molecule has 3 rings (SSSR count). The van der Waals surface area contributed by atoms with E-state index in [0.717, 1.165) is 11.1 Å². The SMILES string of the molecule is Cc1ccc(SC2CCCCC2)n1-c1ccccn1. The van der Waals surface area contributed by atoms with Gasteiger partial charge in [-0.2, -0.15) is 0 Å². The van der Waals surface area contributed by atoms with Crippen molar-refractivity contribution in [1.29, 1.82) is 0 Å². The molecule has 100 valence electrons. The predicted molar refractivity (Wildman–Crippen MR) is 81.0 cm³/mol. The van der Waals surface area contributed by atoms with Crippen LogP contribution in [0.25, 0.3) is 5.82 Å². The first-order valence-electron chi connectivity index (χ1n) is 7.11. The van der Waals surface area contributed by atoms with E-state index in [-0.39, 0.29) is 0 Å². The van der Waals surface area contributed by atoms with E-state index >= 15 is 0 Å². The molecule has 2 aromatic heterocycles. The number of nitrogens with zero attached hydrogens (tertiary/aromatic N) is 2. The van der Waals surface area contributed by atoms with Crippen molar-refractivity contribution in [2.75, 3.05) is 0 Å². The van der Waals surface area contributed by atoms with Crippen molar-refractivity contribution in [3.05, 3.63) is 42.2 Å². The van der Waals surface area contributed by atoms with Gasteiger partial charge in [0.25, 0.3) is 0 Å². The monoisotopic (exact) mass is 272 g/mol. The summed E-state index contributed by atoms with van der Waals surface area (Å²) in [6.45, 7) is 2.15. The molecule has 1 aliphatic rings. The van der Waals surface area contributed by atoms with Gasteiger partial charge >= 0.3 is 0 Å². The van der Waals surface area contributed by atoms with E-state index in [1.54, 1.807) is 0 Å². The lowest BCUT2D eigenvalue weighted by Crippen LogP contribution is -2.09. The van der Waals surface area contributed by atoms with Gasteiger partial charge in [0.1, 0.15) is 5.82 Å². The number of aryl methyl sites for hydroxylation is 1. The van der Waals surface area contributed by atoms with Crippen LogP contribution in [0.4, 0.5) is 0 Å². The van der Waals surface area contributed by atoms with Crippen LogP contribution >= 0.6 is 11.8 Å². The minimum atomic E-state index is 0.783. The summed E-state index contributed by atoms with van der Waals surface area (Å²) >= 11 is 2.03. The van der Waals surface area contributed by atoms with Crippen molar-refractivity contribution in [2.45, 2.75) is 49.3 Å². The Morgan fingerprint density at radius 2 is 1.95 bits per heavy atom. The van der Waals surface area contributed by atoms with Gasteiger partial charge in [-0.15, -0.1) is 11.8 Å². The third kappa shape index (κ3) is 2.86. The summed E-state index contributed by atoms with van der Waals surface area (Å²) in [4.78, 5) is 4.49. The molecule has 0 bridgehead atoms. The highest BCUT2D eigenvalue weighted by Crippen LogP contribution is 2.35. The number of rotatable bonds is 3. The summed E-state index contributed by atoms with van der Waals surface area (Å²) in [5.74, 6) is 1.03. The standard InChI is InChI=1S/C16H20N2S/c1-13-10-11-16(19-14-7-3-2-4-8-14)18(13)15-9-5-6-12-17-15/h5-6,9-12,14H,2-4,7-8H2,1H3. The van der Waals surface area contributed by atoms with Crippen molar-refractivity contribution in [3.63, 3.8) is 0 Å². The first-order chi connectivity index (χ1) is 9.34. The Balaban J connectivity index is 1.86. The first kappa shape index (κ1) is 12.8. The second-order valence-corrected chi connectivity index (χ2v) is 6.53. The van der Waals surface area contributed by atoms with Gasteiger partial charge < -0.3 is 0 Å². The lowest BCUT2D eigenvalue weighted by atomic mass is 10.0. The minimum Gasteiger partial charge on any atom is -0.293 e. The maximum atomic E-state index is 4.49. The van der Waals surface area contributed by atoms with Gasteiger partial charge in [0, 0.05) is 17.1 Å². The summed E-state index contributed by atoms with van der Waals surface area (Å²) in [6, 6.07) is 10.5. The predicted octanol–water partition coefficient (Wildman–Crippen LogP) is 4.61. The summed E-state index contributed by atoms with van der Waals surface area (Å²) in [6.07, 6.45) is 8.78. The van der Waals surface area contributed by atoms with Crippen LogP contribution in [-0.2, 0) is 0 Å². The molecule has 0 radical (unpaired) electrons. The van der Waals surface area contributed by atoms with Crippen LogP contribution in [0, 0.1) is 6.92 Å². The highest BCUT2D eigenvalue weighted by atomic mass is 32.2. The molecule has 0 spiro atoms. The fourth-order valence-corrected chi connectivity index (χ4v) is 4.14. The molecule has 2 aromatic rings. The van der Waals surface area contributed by atoms with Gasteiger partial charge in [-0.1, -0.05) is 25.3 Å². The zero-order valence-electron chi connectivity index (χ0n) is 11.4. The number of aromatic nitrogens is 2. The van der Waals surface area contributed by atoms with E-state index < -0.39 is 0 Å². The van der Waals surface area contributed by atoms with Gasteiger partial charge in [0.05, 0.1) is 5.03 Å². The van der Waals surface area contributed by atoms with E-state index in [2.05, 4.69) is 40.7 Å². The molecule has 0 amide bonds. The maximum Gasteiger partial charge on any atom is 0.137 e. The Morgan fingerprint density at radius 1 is 1.11 bits per heavy atom. The average Bonchev–Trinajstić information content (AvgIpc) is 2.82. The lowest BCUT2D eigenvalue weighted by molar-refractivity contribution is 0.515. The Labute approximate surface area is 119 Å². The van der Waals surface area contributed by atoms with Crippen LogP contribution in [0.15, 0.2) is 41.6 Å². The largest absolute Gasteiger partial charge is 0.293 e. The van der Waals surface area contributed by atoms with Gasteiger partial charge in [-0.3, -0.25) is 4.57 Å². The molecule has 3 heteroatoms. The van der Waals surface area contributed by atoms with E-state index in [9.17, 15) is 0 Å². The third-order valence-corrected chi connectivity index (χ3v) is 5.12. The molecule has 0 N–H and O–H groups in total. The highest BCUT2D eigenvalue weighted by Gasteiger charge is 2.17. The molecule has 1 aliphatic carbocycles. The van der Waals surface area contributed by atoms with Crippen molar-refractivity contribution in [3.8, 4) is 5.82 Å². The lowest BCUT2D eigenvalue weighted by Gasteiger charge is -2.21. The zero-order chi connectivity index (χ0) is 13.1. The Hall–Kier alpha value is -1.22. The maximum absolute atomic E-state index is 4.49. The van der Waals surface area contributed by atoms with Crippen LogP contribution in [0.5, 0.6) is 0 Å². The normalized spacial score (nSPS) is 16.7. The molecule has 0 aromatic carbocycles. The molecule has 0 aliphatic heterocycles. The summed E-state index contributed by atoms with van der Waals surface area (Å²) in [5.41, 5.74) is 1.26. The second kappa shape index (κ2) is 5.83. The molecule has 0 unspecified atom stereocenters. The van der Waals surface area contributed by atoms with Gasteiger partial charge in [-0.05, 0) is 44.0 Å². The summed E-state index contributed by atoms with van der Waals surface area (Å²) in [5, 5.41) is 2.12. The minimum absolute atomic E-state index is 0.783. The van der Waals surface area contributed by atoms with Gasteiger partial charge in [0.2, 0.25) is 0 Å². The van der Waals surface area contributed by atoms with Crippen LogP contribution in [0.2, 0.25) is 0 Å². The molecule has 2 nitrogen and oxygen atoms in total. The van der Waals surface area contributed by atoms with E-state index in [0.29, 0.717) is 0 Å². The Bertz CT molecular complexity index is 527. The average molecular weight is 272 g/mol. The highest BCUT2D eigenvalue weighted by molar-refractivity contribution is 7.99. The number of thioether (sulfide) groups is 1. The third-order valence-electron chi connectivity index (χ3n) is 3.76. The topological polar surface area (TPSA) is 17.8 Å². The molecule has 1 fully saturated rings.